The van der Waals surface area contributed by atoms with Gasteiger partial charge in [-0.2, -0.15) is 0 Å². The van der Waals surface area contributed by atoms with E-state index >= 15 is 0 Å². The van der Waals surface area contributed by atoms with Gasteiger partial charge < -0.3 is 14.6 Å². The van der Waals surface area contributed by atoms with E-state index in [4.69, 9.17) is 15.0 Å². The number of benzene rings is 2. The van der Waals surface area contributed by atoms with E-state index in [2.05, 4.69) is 10.4 Å². The van der Waals surface area contributed by atoms with E-state index in [-0.39, 0.29) is 0 Å². The summed E-state index contributed by atoms with van der Waals surface area (Å²) in [7, 11) is 1.68. The second-order valence-corrected chi connectivity index (χ2v) is 4.75. The standard InChI is InChI=1S/C16H17N3O2/c1-20-9-8-11-6-7-12(10-14(11)19-17)16-18-13-4-2-3-5-15(13)21-16/h2-7,10,19H,8-9,17H2,1H3. The van der Waals surface area contributed by atoms with Crippen LogP contribution in [0.5, 0.6) is 0 Å². The zero-order valence-electron chi connectivity index (χ0n) is 11.8. The second kappa shape index (κ2) is 5.95. The summed E-state index contributed by atoms with van der Waals surface area (Å²) in [5.41, 5.74) is 7.18. The van der Waals surface area contributed by atoms with E-state index in [1.807, 2.05) is 42.5 Å². The zero-order valence-corrected chi connectivity index (χ0v) is 11.8. The average molecular weight is 283 g/mol. The highest BCUT2D eigenvalue weighted by Gasteiger charge is 2.10. The molecule has 0 spiro atoms. The summed E-state index contributed by atoms with van der Waals surface area (Å²) in [6.07, 6.45) is 0.796. The zero-order chi connectivity index (χ0) is 14.7. The number of oxazole rings is 1. The fraction of sp³-hybridized carbons (Fsp3) is 0.188. The van der Waals surface area contributed by atoms with Crippen LogP contribution in [0.4, 0.5) is 5.69 Å². The van der Waals surface area contributed by atoms with Crippen molar-refractivity contribution in [2.75, 3.05) is 19.1 Å². The molecule has 0 aliphatic carbocycles. The van der Waals surface area contributed by atoms with Gasteiger partial charge in [-0.1, -0.05) is 18.2 Å². The maximum absolute atomic E-state index is 5.77. The minimum atomic E-state index is 0.589. The Bertz CT molecular complexity index is 719. The van der Waals surface area contributed by atoms with Crippen LogP contribution < -0.4 is 11.3 Å². The molecule has 0 aliphatic heterocycles. The summed E-state index contributed by atoms with van der Waals surface area (Å²) < 4.78 is 10.9. The third kappa shape index (κ3) is 2.74. The normalized spacial score (nSPS) is 11.0. The Morgan fingerprint density at radius 2 is 2.10 bits per heavy atom. The first kappa shape index (κ1) is 13.6. The van der Waals surface area contributed by atoms with Crippen molar-refractivity contribution in [3.63, 3.8) is 0 Å². The molecule has 0 amide bonds. The second-order valence-electron chi connectivity index (χ2n) is 4.75. The van der Waals surface area contributed by atoms with Gasteiger partial charge in [0.25, 0.3) is 0 Å². The molecule has 0 fully saturated rings. The molecule has 0 radical (unpaired) electrons. The van der Waals surface area contributed by atoms with Crippen molar-refractivity contribution in [3.8, 4) is 11.5 Å². The lowest BCUT2D eigenvalue weighted by atomic mass is 10.1. The average Bonchev–Trinajstić information content (AvgIpc) is 2.96. The quantitative estimate of drug-likeness (QED) is 0.556. The van der Waals surface area contributed by atoms with Gasteiger partial charge in [-0.25, -0.2) is 4.98 Å². The van der Waals surface area contributed by atoms with E-state index in [0.717, 1.165) is 34.3 Å². The molecule has 1 heterocycles. The monoisotopic (exact) mass is 283 g/mol. The first-order valence-electron chi connectivity index (χ1n) is 6.76. The molecule has 0 unspecified atom stereocenters. The van der Waals surface area contributed by atoms with Crippen LogP contribution in [0.15, 0.2) is 46.9 Å². The summed E-state index contributed by atoms with van der Waals surface area (Å²) >= 11 is 0. The van der Waals surface area contributed by atoms with Crippen LogP contribution >= 0.6 is 0 Å². The van der Waals surface area contributed by atoms with Crippen LogP contribution in [-0.4, -0.2) is 18.7 Å². The molecule has 3 aromatic rings. The number of nitrogens with two attached hydrogens (primary N) is 1. The maximum Gasteiger partial charge on any atom is 0.227 e. The SMILES string of the molecule is COCCc1ccc(-c2nc3ccccc3o2)cc1NN. The molecule has 0 saturated heterocycles. The van der Waals surface area contributed by atoms with Crippen LogP contribution in [0.25, 0.3) is 22.6 Å². The van der Waals surface area contributed by atoms with Gasteiger partial charge in [-0.15, -0.1) is 0 Å². The van der Waals surface area contributed by atoms with E-state index in [1.165, 1.54) is 0 Å². The molecule has 3 rings (SSSR count). The van der Waals surface area contributed by atoms with Crippen molar-refractivity contribution in [2.24, 2.45) is 5.84 Å². The van der Waals surface area contributed by atoms with Crippen LogP contribution in [0.1, 0.15) is 5.56 Å². The number of methoxy groups -OCH3 is 1. The Morgan fingerprint density at radius 1 is 1.24 bits per heavy atom. The smallest absolute Gasteiger partial charge is 0.227 e. The van der Waals surface area contributed by atoms with Crippen molar-refractivity contribution < 1.29 is 9.15 Å². The lowest BCUT2D eigenvalue weighted by Crippen LogP contribution is -2.10. The Labute approximate surface area is 122 Å². The summed E-state index contributed by atoms with van der Waals surface area (Å²) in [5.74, 6) is 6.19. The minimum Gasteiger partial charge on any atom is -0.436 e. The van der Waals surface area contributed by atoms with Crippen molar-refractivity contribution in [1.82, 2.24) is 4.98 Å². The molecular formula is C16H17N3O2. The number of hydrogen-bond acceptors (Lipinski definition) is 5. The molecule has 3 N–H and O–H groups in total. The van der Waals surface area contributed by atoms with Gasteiger partial charge in [0.05, 0.1) is 12.3 Å². The van der Waals surface area contributed by atoms with Gasteiger partial charge >= 0.3 is 0 Å². The van der Waals surface area contributed by atoms with Crippen LogP contribution in [0.3, 0.4) is 0 Å². The lowest BCUT2D eigenvalue weighted by molar-refractivity contribution is 0.202. The first-order valence-corrected chi connectivity index (χ1v) is 6.76. The number of nitrogen functional groups attached to an aromatic ring is 1. The van der Waals surface area contributed by atoms with E-state index in [1.54, 1.807) is 7.11 Å². The number of nitrogens with zero attached hydrogens (tertiary/aromatic N) is 1. The fourth-order valence-electron chi connectivity index (χ4n) is 2.27. The van der Waals surface area contributed by atoms with Crippen LogP contribution in [0, 0.1) is 0 Å². The highest BCUT2D eigenvalue weighted by molar-refractivity contribution is 5.77. The number of para-hydroxylation sites is 2. The van der Waals surface area contributed by atoms with Gasteiger partial charge in [0.2, 0.25) is 5.89 Å². The largest absolute Gasteiger partial charge is 0.436 e. The fourth-order valence-corrected chi connectivity index (χ4v) is 2.27. The van der Waals surface area contributed by atoms with Crippen LogP contribution in [0.2, 0.25) is 0 Å². The molecule has 108 valence electrons. The highest BCUT2D eigenvalue weighted by Crippen LogP contribution is 2.28. The Hall–Kier alpha value is -2.37. The molecule has 5 nitrogen and oxygen atoms in total. The Kier molecular flexibility index (Phi) is 3.85. The van der Waals surface area contributed by atoms with E-state index in [0.29, 0.717) is 12.5 Å². The number of rotatable bonds is 5. The van der Waals surface area contributed by atoms with Gasteiger partial charge in [-0.3, -0.25) is 5.84 Å². The number of hydrogen-bond donors (Lipinski definition) is 2. The maximum atomic E-state index is 5.77. The first-order chi connectivity index (χ1) is 10.3. The predicted molar refractivity (Wildman–Crippen MR) is 82.8 cm³/mol. The number of anilines is 1. The molecular weight excluding hydrogens is 266 g/mol. The third-order valence-electron chi connectivity index (χ3n) is 3.38. The van der Waals surface area contributed by atoms with Gasteiger partial charge in [-0.05, 0) is 36.2 Å². The van der Waals surface area contributed by atoms with Gasteiger partial charge in [0.1, 0.15) is 5.52 Å². The summed E-state index contributed by atoms with van der Waals surface area (Å²) in [6.45, 7) is 0.650. The molecule has 0 saturated carbocycles. The molecule has 0 bridgehead atoms. The third-order valence-corrected chi connectivity index (χ3v) is 3.38. The summed E-state index contributed by atoms with van der Waals surface area (Å²) in [5, 5.41) is 0. The van der Waals surface area contributed by atoms with Crippen molar-refractivity contribution in [1.29, 1.82) is 0 Å². The number of aromatic nitrogens is 1. The molecule has 1 aromatic heterocycles. The lowest BCUT2D eigenvalue weighted by Gasteiger charge is -2.09. The number of nitrogens with one attached hydrogen (secondary N) is 1. The Balaban J connectivity index is 1.98. The molecule has 21 heavy (non-hydrogen) atoms. The van der Waals surface area contributed by atoms with E-state index < -0.39 is 0 Å². The minimum absolute atomic E-state index is 0.589. The van der Waals surface area contributed by atoms with Crippen molar-refractivity contribution in [2.45, 2.75) is 6.42 Å². The van der Waals surface area contributed by atoms with Gasteiger partial charge in [0, 0.05) is 12.7 Å². The number of fused-ring (bicyclic) bond motifs is 1. The summed E-state index contributed by atoms with van der Waals surface area (Å²) in [6, 6.07) is 13.6. The molecule has 0 aliphatic rings. The number of hydrazine groups is 1. The van der Waals surface area contributed by atoms with E-state index in [9.17, 15) is 0 Å². The van der Waals surface area contributed by atoms with Gasteiger partial charge in [0.15, 0.2) is 5.58 Å². The topological polar surface area (TPSA) is 73.3 Å². The molecule has 2 aromatic carbocycles. The summed E-state index contributed by atoms with van der Waals surface area (Å²) in [4.78, 5) is 4.49. The highest BCUT2D eigenvalue weighted by atomic mass is 16.5. The Morgan fingerprint density at radius 3 is 2.86 bits per heavy atom. The van der Waals surface area contributed by atoms with Crippen molar-refractivity contribution >= 4 is 16.8 Å². The molecule has 5 heteroatoms. The van der Waals surface area contributed by atoms with Crippen molar-refractivity contribution in [3.05, 3.63) is 48.0 Å². The molecule has 0 atom stereocenters. The number of ether oxygens (including phenoxy) is 1. The van der Waals surface area contributed by atoms with Crippen LogP contribution in [-0.2, 0) is 11.2 Å². The predicted octanol–water partition coefficient (Wildman–Crippen LogP) is 2.97.